The largest absolute Gasteiger partial charge is 0.310 e. The summed E-state index contributed by atoms with van der Waals surface area (Å²) in [4.78, 5) is 2.47. The van der Waals surface area contributed by atoms with Gasteiger partial charge in [0.2, 0.25) is 0 Å². The lowest BCUT2D eigenvalue weighted by molar-refractivity contribution is 0.322. The Balaban J connectivity index is 1.60. The Morgan fingerprint density at radius 2 is 1.94 bits per heavy atom. The SMILES string of the molecule is CC1CC(NC2CCc3ccccc3C2)CN1C. The van der Waals surface area contributed by atoms with Gasteiger partial charge in [-0.1, -0.05) is 24.3 Å². The second-order valence-corrected chi connectivity index (χ2v) is 6.10. The smallest absolute Gasteiger partial charge is 0.0212 e. The molecule has 3 rings (SSSR count). The minimum atomic E-state index is 0.684. The summed E-state index contributed by atoms with van der Waals surface area (Å²) in [6.07, 6.45) is 5.05. The van der Waals surface area contributed by atoms with Crippen LogP contribution >= 0.6 is 0 Å². The third kappa shape index (κ3) is 2.45. The van der Waals surface area contributed by atoms with E-state index in [1.54, 1.807) is 11.1 Å². The fourth-order valence-electron chi connectivity index (χ4n) is 3.49. The van der Waals surface area contributed by atoms with Gasteiger partial charge in [-0.3, -0.25) is 0 Å². The number of likely N-dealkylation sites (N-methyl/N-ethyl adjacent to an activating group) is 1. The van der Waals surface area contributed by atoms with E-state index in [2.05, 4.69) is 48.5 Å². The number of nitrogens with zero attached hydrogens (tertiary/aromatic N) is 1. The average molecular weight is 244 g/mol. The Labute approximate surface area is 110 Å². The van der Waals surface area contributed by atoms with Crippen molar-refractivity contribution in [2.45, 2.75) is 50.7 Å². The zero-order chi connectivity index (χ0) is 12.5. The highest BCUT2D eigenvalue weighted by Crippen LogP contribution is 2.23. The molecule has 0 spiro atoms. The summed E-state index contributed by atoms with van der Waals surface area (Å²) in [6.45, 7) is 3.54. The molecule has 1 aromatic rings. The first-order valence-corrected chi connectivity index (χ1v) is 7.25. The molecular weight excluding hydrogens is 220 g/mol. The summed E-state index contributed by atoms with van der Waals surface area (Å²) in [6, 6.07) is 11.0. The minimum Gasteiger partial charge on any atom is -0.310 e. The van der Waals surface area contributed by atoms with Crippen molar-refractivity contribution in [3.63, 3.8) is 0 Å². The number of hydrogen-bond acceptors (Lipinski definition) is 2. The molecule has 1 saturated heterocycles. The first-order valence-electron chi connectivity index (χ1n) is 7.25. The Morgan fingerprint density at radius 3 is 2.67 bits per heavy atom. The van der Waals surface area contributed by atoms with E-state index in [1.807, 2.05) is 0 Å². The first-order chi connectivity index (χ1) is 8.72. The molecule has 1 heterocycles. The second kappa shape index (κ2) is 5.02. The molecule has 2 nitrogen and oxygen atoms in total. The van der Waals surface area contributed by atoms with Crippen LogP contribution in [0.2, 0.25) is 0 Å². The van der Waals surface area contributed by atoms with Crippen molar-refractivity contribution in [2.75, 3.05) is 13.6 Å². The van der Waals surface area contributed by atoms with Gasteiger partial charge < -0.3 is 10.2 Å². The van der Waals surface area contributed by atoms with E-state index < -0.39 is 0 Å². The van der Waals surface area contributed by atoms with E-state index >= 15 is 0 Å². The highest BCUT2D eigenvalue weighted by atomic mass is 15.2. The van der Waals surface area contributed by atoms with Crippen molar-refractivity contribution in [2.24, 2.45) is 0 Å². The third-order valence-electron chi connectivity index (χ3n) is 4.70. The molecule has 3 unspecified atom stereocenters. The molecule has 1 N–H and O–H groups in total. The number of rotatable bonds is 2. The van der Waals surface area contributed by atoms with Crippen LogP contribution in [0.25, 0.3) is 0 Å². The van der Waals surface area contributed by atoms with Gasteiger partial charge in [0.15, 0.2) is 0 Å². The van der Waals surface area contributed by atoms with Gasteiger partial charge in [-0.2, -0.15) is 0 Å². The summed E-state index contributed by atoms with van der Waals surface area (Å²) in [5, 5.41) is 3.88. The topological polar surface area (TPSA) is 15.3 Å². The number of likely N-dealkylation sites (tertiary alicyclic amines) is 1. The molecule has 2 heteroatoms. The summed E-state index contributed by atoms with van der Waals surface area (Å²) in [5.41, 5.74) is 3.12. The Hall–Kier alpha value is -0.860. The number of benzene rings is 1. The maximum absolute atomic E-state index is 3.88. The fourth-order valence-corrected chi connectivity index (χ4v) is 3.49. The number of hydrogen-bond donors (Lipinski definition) is 1. The first kappa shape index (κ1) is 12.2. The lowest BCUT2D eigenvalue weighted by atomic mass is 9.88. The van der Waals surface area contributed by atoms with Gasteiger partial charge in [-0.15, -0.1) is 0 Å². The van der Waals surface area contributed by atoms with Gasteiger partial charge in [-0.05, 0) is 50.8 Å². The van der Waals surface area contributed by atoms with Crippen LogP contribution in [0.1, 0.15) is 30.9 Å². The summed E-state index contributed by atoms with van der Waals surface area (Å²) in [5.74, 6) is 0. The fraction of sp³-hybridized carbons (Fsp3) is 0.625. The van der Waals surface area contributed by atoms with E-state index in [0.29, 0.717) is 12.1 Å². The summed E-state index contributed by atoms with van der Waals surface area (Å²) < 4.78 is 0. The molecule has 98 valence electrons. The molecule has 0 aromatic heterocycles. The van der Waals surface area contributed by atoms with Crippen molar-refractivity contribution in [1.29, 1.82) is 0 Å². The number of aryl methyl sites for hydroxylation is 1. The highest BCUT2D eigenvalue weighted by molar-refractivity contribution is 5.30. The van der Waals surface area contributed by atoms with Crippen molar-refractivity contribution in [3.05, 3.63) is 35.4 Å². The van der Waals surface area contributed by atoms with Crippen LogP contribution in [0.3, 0.4) is 0 Å². The normalized spacial score (nSPS) is 32.4. The molecule has 0 radical (unpaired) electrons. The Kier molecular flexibility index (Phi) is 3.40. The average Bonchev–Trinajstić information content (AvgIpc) is 2.68. The van der Waals surface area contributed by atoms with Gasteiger partial charge in [0.05, 0.1) is 0 Å². The molecule has 1 aromatic carbocycles. The zero-order valence-electron chi connectivity index (χ0n) is 11.5. The van der Waals surface area contributed by atoms with E-state index in [0.717, 1.165) is 6.04 Å². The molecule has 1 aliphatic carbocycles. The van der Waals surface area contributed by atoms with Crippen molar-refractivity contribution >= 4 is 0 Å². The Bertz CT molecular complexity index is 405. The predicted molar refractivity (Wildman–Crippen MR) is 75.9 cm³/mol. The molecular formula is C16H24N2. The van der Waals surface area contributed by atoms with Crippen molar-refractivity contribution in [1.82, 2.24) is 10.2 Å². The lowest BCUT2D eigenvalue weighted by Crippen LogP contribution is -2.42. The molecule has 3 atom stereocenters. The second-order valence-electron chi connectivity index (χ2n) is 6.10. The van der Waals surface area contributed by atoms with Gasteiger partial charge in [-0.25, -0.2) is 0 Å². The van der Waals surface area contributed by atoms with Crippen LogP contribution in [0, 0.1) is 0 Å². The van der Waals surface area contributed by atoms with Crippen molar-refractivity contribution < 1.29 is 0 Å². The summed E-state index contributed by atoms with van der Waals surface area (Å²) in [7, 11) is 2.24. The van der Waals surface area contributed by atoms with Gasteiger partial charge in [0, 0.05) is 24.7 Å². The van der Waals surface area contributed by atoms with E-state index in [1.165, 1.54) is 32.2 Å². The van der Waals surface area contributed by atoms with Crippen molar-refractivity contribution in [3.8, 4) is 0 Å². The van der Waals surface area contributed by atoms with Gasteiger partial charge >= 0.3 is 0 Å². The van der Waals surface area contributed by atoms with E-state index in [-0.39, 0.29) is 0 Å². The standard InChI is InChI=1S/C16H24N2/c1-12-9-16(11-18(12)2)17-15-8-7-13-5-3-4-6-14(13)10-15/h3-6,12,15-17H,7-11H2,1-2H3. The molecule has 2 aliphatic rings. The van der Waals surface area contributed by atoms with Crippen LogP contribution < -0.4 is 5.32 Å². The van der Waals surface area contributed by atoms with Crippen LogP contribution in [0.4, 0.5) is 0 Å². The molecule has 0 amide bonds. The Morgan fingerprint density at radius 1 is 1.17 bits per heavy atom. The van der Waals surface area contributed by atoms with E-state index in [4.69, 9.17) is 0 Å². The maximum Gasteiger partial charge on any atom is 0.0212 e. The van der Waals surface area contributed by atoms with Crippen LogP contribution in [-0.2, 0) is 12.8 Å². The highest BCUT2D eigenvalue weighted by Gasteiger charge is 2.28. The molecule has 18 heavy (non-hydrogen) atoms. The zero-order valence-corrected chi connectivity index (χ0v) is 11.5. The number of fused-ring (bicyclic) bond motifs is 1. The lowest BCUT2D eigenvalue weighted by Gasteiger charge is -2.28. The van der Waals surface area contributed by atoms with Crippen LogP contribution in [0.15, 0.2) is 24.3 Å². The third-order valence-corrected chi connectivity index (χ3v) is 4.70. The maximum atomic E-state index is 3.88. The summed E-state index contributed by atoms with van der Waals surface area (Å²) >= 11 is 0. The van der Waals surface area contributed by atoms with E-state index in [9.17, 15) is 0 Å². The van der Waals surface area contributed by atoms with Gasteiger partial charge in [0.1, 0.15) is 0 Å². The minimum absolute atomic E-state index is 0.684. The molecule has 0 bridgehead atoms. The predicted octanol–water partition coefficient (Wildman–Crippen LogP) is 2.23. The quantitative estimate of drug-likeness (QED) is 0.858. The molecule has 0 saturated carbocycles. The number of nitrogens with one attached hydrogen (secondary N) is 1. The van der Waals surface area contributed by atoms with Crippen LogP contribution in [-0.4, -0.2) is 36.6 Å². The molecule has 1 aliphatic heterocycles. The monoisotopic (exact) mass is 244 g/mol. The molecule has 1 fully saturated rings. The van der Waals surface area contributed by atoms with Gasteiger partial charge in [0.25, 0.3) is 0 Å². The van der Waals surface area contributed by atoms with Crippen LogP contribution in [0.5, 0.6) is 0 Å².